The van der Waals surface area contributed by atoms with E-state index in [0.717, 1.165) is 18.5 Å². The topological polar surface area (TPSA) is 56.7 Å². The molecule has 76 valence electrons. The highest BCUT2D eigenvalue weighted by atomic mass is 15.2. The highest BCUT2D eigenvalue weighted by molar-refractivity contribution is 5.43. The summed E-state index contributed by atoms with van der Waals surface area (Å²) in [4.78, 5) is 0. The van der Waals surface area contributed by atoms with Crippen molar-refractivity contribution in [1.82, 2.24) is 14.8 Å². The van der Waals surface area contributed by atoms with Crippen molar-refractivity contribution >= 4 is 0 Å². The van der Waals surface area contributed by atoms with Crippen LogP contribution in [0.5, 0.6) is 0 Å². The van der Waals surface area contributed by atoms with Crippen LogP contribution >= 0.6 is 0 Å². The van der Waals surface area contributed by atoms with Crippen LogP contribution in [-0.2, 0) is 12.8 Å². The minimum Gasteiger partial charge on any atom is -0.327 e. The Morgan fingerprint density at radius 1 is 1.13 bits per heavy atom. The van der Waals surface area contributed by atoms with Crippen molar-refractivity contribution < 1.29 is 0 Å². The van der Waals surface area contributed by atoms with E-state index in [0.29, 0.717) is 0 Å². The van der Waals surface area contributed by atoms with Crippen LogP contribution in [0.3, 0.4) is 0 Å². The lowest BCUT2D eigenvalue weighted by atomic mass is 10.1. The average molecular weight is 200 g/mol. The lowest BCUT2D eigenvalue weighted by molar-refractivity contribution is 0.721. The standard InChI is InChI=1S/C11H12N4/c12-10-3-8-1-2-11(5-9(8)4-10)15-6-13-14-7-15/h1-2,5-7,10H,3-4,12H2. The van der Waals surface area contributed by atoms with Crippen molar-refractivity contribution in [2.75, 3.05) is 0 Å². The van der Waals surface area contributed by atoms with Gasteiger partial charge < -0.3 is 5.73 Å². The predicted molar refractivity (Wildman–Crippen MR) is 56.7 cm³/mol. The first kappa shape index (κ1) is 8.61. The highest BCUT2D eigenvalue weighted by Crippen LogP contribution is 2.23. The lowest BCUT2D eigenvalue weighted by Crippen LogP contribution is -2.18. The van der Waals surface area contributed by atoms with E-state index in [9.17, 15) is 0 Å². The molecule has 1 aromatic heterocycles. The van der Waals surface area contributed by atoms with Gasteiger partial charge in [0.05, 0.1) is 0 Å². The molecule has 1 unspecified atom stereocenters. The van der Waals surface area contributed by atoms with Crippen molar-refractivity contribution in [3.05, 3.63) is 42.0 Å². The molecule has 3 rings (SSSR count). The van der Waals surface area contributed by atoms with Crippen molar-refractivity contribution in [2.45, 2.75) is 18.9 Å². The fourth-order valence-electron chi connectivity index (χ4n) is 2.13. The van der Waals surface area contributed by atoms with E-state index in [1.54, 1.807) is 12.7 Å². The van der Waals surface area contributed by atoms with E-state index < -0.39 is 0 Å². The summed E-state index contributed by atoms with van der Waals surface area (Å²) in [6, 6.07) is 6.69. The minimum atomic E-state index is 0.288. The lowest BCUT2D eigenvalue weighted by Gasteiger charge is -2.04. The maximum Gasteiger partial charge on any atom is 0.123 e. The van der Waals surface area contributed by atoms with Gasteiger partial charge in [0.25, 0.3) is 0 Å². The fraction of sp³-hybridized carbons (Fsp3) is 0.273. The molecule has 0 spiro atoms. The van der Waals surface area contributed by atoms with Crippen LogP contribution in [0.2, 0.25) is 0 Å². The Morgan fingerprint density at radius 3 is 2.67 bits per heavy atom. The molecule has 4 nitrogen and oxygen atoms in total. The maximum absolute atomic E-state index is 5.92. The van der Waals surface area contributed by atoms with Crippen LogP contribution in [0.4, 0.5) is 0 Å². The van der Waals surface area contributed by atoms with Gasteiger partial charge in [0.15, 0.2) is 0 Å². The Morgan fingerprint density at radius 2 is 1.87 bits per heavy atom. The molecule has 0 saturated carbocycles. The van der Waals surface area contributed by atoms with Crippen LogP contribution in [0, 0.1) is 0 Å². The van der Waals surface area contributed by atoms with Crippen LogP contribution in [0.1, 0.15) is 11.1 Å². The zero-order valence-corrected chi connectivity index (χ0v) is 8.30. The first-order chi connectivity index (χ1) is 7.33. The van der Waals surface area contributed by atoms with Gasteiger partial charge in [-0.1, -0.05) is 6.07 Å². The Bertz CT molecular complexity index is 475. The third-order valence-electron chi connectivity index (χ3n) is 2.87. The molecule has 0 saturated heterocycles. The Balaban J connectivity index is 2.04. The monoisotopic (exact) mass is 200 g/mol. The van der Waals surface area contributed by atoms with Crippen LogP contribution < -0.4 is 5.73 Å². The Hall–Kier alpha value is -1.68. The van der Waals surface area contributed by atoms with Crippen molar-refractivity contribution in [2.24, 2.45) is 5.73 Å². The van der Waals surface area contributed by atoms with Gasteiger partial charge in [0.2, 0.25) is 0 Å². The van der Waals surface area contributed by atoms with E-state index >= 15 is 0 Å². The van der Waals surface area contributed by atoms with Crippen molar-refractivity contribution in [3.63, 3.8) is 0 Å². The maximum atomic E-state index is 5.92. The third-order valence-corrected chi connectivity index (χ3v) is 2.87. The SMILES string of the molecule is NC1Cc2ccc(-n3cnnc3)cc2C1. The Labute approximate surface area is 87.7 Å². The van der Waals surface area contributed by atoms with Crippen LogP contribution in [-0.4, -0.2) is 20.8 Å². The minimum absolute atomic E-state index is 0.288. The number of rotatable bonds is 1. The summed E-state index contributed by atoms with van der Waals surface area (Å²) < 4.78 is 1.91. The molecule has 1 aliphatic carbocycles. The molecule has 0 radical (unpaired) electrons. The quantitative estimate of drug-likeness (QED) is 0.737. The number of hydrogen-bond acceptors (Lipinski definition) is 3. The van der Waals surface area contributed by atoms with E-state index in [1.165, 1.54) is 11.1 Å². The van der Waals surface area contributed by atoms with Gasteiger partial charge in [-0.2, -0.15) is 0 Å². The number of nitrogens with two attached hydrogens (primary N) is 1. The van der Waals surface area contributed by atoms with Gasteiger partial charge >= 0.3 is 0 Å². The van der Waals surface area contributed by atoms with Crippen molar-refractivity contribution in [1.29, 1.82) is 0 Å². The average Bonchev–Trinajstić information content (AvgIpc) is 2.82. The molecule has 0 bridgehead atoms. The Kier molecular flexibility index (Phi) is 1.82. The van der Waals surface area contributed by atoms with Gasteiger partial charge in [0.1, 0.15) is 12.7 Å². The summed E-state index contributed by atoms with van der Waals surface area (Å²) in [6.45, 7) is 0. The molecule has 2 N–H and O–H groups in total. The summed E-state index contributed by atoms with van der Waals surface area (Å²) in [6.07, 6.45) is 5.39. The molecular formula is C11H12N4. The zero-order valence-electron chi connectivity index (χ0n) is 8.30. The van der Waals surface area contributed by atoms with E-state index in [4.69, 9.17) is 5.73 Å². The van der Waals surface area contributed by atoms with Gasteiger partial charge in [0, 0.05) is 11.7 Å². The number of fused-ring (bicyclic) bond motifs is 1. The molecule has 1 aliphatic rings. The smallest absolute Gasteiger partial charge is 0.123 e. The molecule has 4 heteroatoms. The second kappa shape index (κ2) is 3.17. The van der Waals surface area contributed by atoms with Crippen LogP contribution in [0.15, 0.2) is 30.9 Å². The fourth-order valence-corrected chi connectivity index (χ4v) is 2.13. The van der Waals surface area contributed by atoms with E-state index in [1.807, 2.05) is 4.57 Å². The summed E-state index contributed by atoms with van der Waals surface area (Å²) in [5.41, 5.74) is 9.76. The molecule has 1 heterocycles. The first-order valence-corrected chi connectivity index (χ1v) is 5.05. The molecule has 0 aliphatic heterocycles. The molecule has 15 heavy (non-hydrogen) atoms. The van der Waals surface area contributed by atoms with Gasteiger partial charge in [-0.25, -0.2) is 0 Å². The highest BCUT2D eigenvalue weighted by Gasteiger charge is 2.18. The first-order valence-electron chi connectivity index (χ1n) is 5.05. The zero-order chi connectivity index (χ0) is 10.3. The molecule has 0 fully saturated rings. The second-order valence-electron chi connectivity index (χ2n) is 3.99. The van der Waals surface area contributed by atoms with Gasteiger partial charge in [-0.3, -0.25) is 4.57 Å². The number of aromatic nitrogens is 3. The van der Waals surface area contributed by atoms with Crippen LogP contribution in [0.25, 0.3) is 5.69 Å². The third kappa shape index (κ3) is 1.43. The summed E-state index contributed by atoms with van der Waals surface area (Å²) in [5, 5.41) is 7.59. The van der Waals surface area contributed by atoms with E-state index in [-0.39, 0.29) is 6.04 Å². The van der Waals surface area contributed by atoms with Gasteiger partial charge in [-0.15, -0.1) is 10.2 Å². The summed E-state index contributed by atoms with van der Waals surface area (Å²) >= 11 is 0. The van der Waals surface area contributed by atoms with Crippen molar-refractivity contribution in [3.8, 4) is 5.69 Å². The molecular weight excluding hydrogens is 188 g/mol. The molecule has 2 aromatic rings. The summed E-state index contributed by atoms with van der Waals surface area (Å²) in [7, 11) is 0. The molecule has 1 aromatic carbocycles. The number of nitrogens with zero attached hydrogens (tertiary/aromatic N) is 3. The number of benzene rings is 1. The largest absolute Gasteiger partial charge is 0.327 e. The summed E-state index contributed by atoms with van der Waals surface area (Å²) in [5.74, 6) is 0. The van der Waals surface area contributed by atoms with E-state index in [2.05, 4.69) is 28.4 Å². The second-order valence-corrected chi connectivity index (χ2v) is 3.99. The molecule has 0 amide bonds. The number of hydrogen-bond donors (Lipinski definition) is 1. The van der Waals surface area contributed by atoms with Gasteiger partial charge in [-0.05, 0) is 36.1 Å². The normalized spacial score (nSPS) is 19.1. The predicted octanol–water partition coefficient (Wildman–Crippen LogP) is 0.693. The molecule has 1 atom stereocenters.